The molecular formula is C31H40N4O6. The van der Waals surface area contributed by atoms with Crippen molar-refractivity contribution in [3.05, 3.63) is 60.2 Å². The summed E-state index contributed by atoms with van der Waals surface area (Å²) in [4.78, 5) is 73.7. The molecule has 10 heteroatoms. The van der Waals surface area contributed by atoms with Crippen molar-refractivity contribution in [2.24, 2.45) is 17.8 Å². The monoisotopic (exact) mass is 564 g/mol. The molecule has 41 heavy (non-hydrogen) atoms. The van der Waals surface area contributed by atoms with Gasteiger partial charge in [-0.2, -0.15) is 0 Å². The van der Waals surface area contributed by atoms with E-state index in [-0.39, 0.29) is 54.6 Å². The van der Waals surface area contributed by atoms with Crippen molar-refractivity contribution in [2.75, 3.05) is 6.54 Å². The van der Waals surface area contributed by atoms with Crippen molar-refractivity contribution in [3.63, 3.8) is 0 Å². The SMILES string of the molecule is CCC(C=O)CC(=O)C1CC(OCc2ccccc2)CN1C(=O)C(CC(=O)C(C)NC(=O)c1cnccn1)C(C)C. The van der Waals surface area contributed by atoms with Gasteiger partial charge in [0.15, 0.2) is 11.6 Å². The molecule has 1 saturated heterocycles. The number of aromatic nitrogens is 2. The fraction of sp³-hybridized carbons (Fsp3) is 0.516. The van der Waals surface area contributed by atoms with Gasteiger partial charge in [-0.1, -0.05) is 51.1 Å². The van der Waals surface area contributed by atoms with E-state index in [9.17, 15) is 24.0 Å². The predicted octanol–water partition coefficient (Wildman–Crippen LogP) is 3.20. The summed E-state index contributed by atoms with van der Waals surface area (Å²) >= 11 is 0. The highest BCUT2D eigenvalue weighted by atomic mass is 16.5. The highest BCUT2D eigenvalue weighted by Crippen LogP contribution is 2.29. The van der Waals surface area contributed by atoms with Gasteiger partial charge in [0, 0.05) is 50.0 Å². The first-order valence-electron chi connectivity index (χ1n) is 14.2. The molecule has 0 spiro atoms. The molecule has 0 radical (unpaired) electrons. The quantitative estimate of drug-likeness (QED) is 0.326. The molecule has 2 heterocycles. The lowest BCUT2D eigenvalue weighted by Gasteiger charge is -2.30. The molecule has 220 valence electrons. The molecule has 1 aromatic heterocycles. The molecule has 1 fully saturated rings. The Morgan fingerprint density at radius 2 is 1.83 bits per heavy atom. The number of hydrogen-bond acceptors (Lipinski definition) is 8. The lowest BCUT2D eigenvalue weighted by molar-refractivity contribution is -0.144. The first-order chi connectivity index (χ1) is 19.6. The van der Waals surface area contributed by atoms with Gasteiger partial charge in [0.05, 0.1) is 31.0 Å². The molecule has 1 N–H and O–H groups in total. The molecule has 0 saturated carbocycles. The third-order valence-electron chi connectivity index (χ3n) is 7.60. The van der Waals surface area contributed by atoms with Crippen molar-refractivity contribution in [2.45, 2.75) is 78.2 Å². The van der Waals surface area contributed by atoms with Crippen LogP contribution < -0.4 is 5.32 Å². The Kier molecular flexibility index (Phi) is 11.8. The number of benzene rings is 1. The molecule has 0 aliphatic carbocycles. The zero-order valence-electron chi connectivity index (χ0n) is 24.2. The Hall–Kier alpha value is -3.79. The van der Waals surface area contributed by atoms with Crippen LogP contribution in [0.25, 0.3) is 0 Å². The number of Topliss-reactive ketones (excluding diaryl/α,β-unsaturated/α-hetero) is 2. The fourth-order valence-corrected chi connectivity index (χ4v) is 4.92. The van der Waals surface area contributed by atoms with Crippen LogP contribution in [-0.4, -0.2) is 69.3 Å². The number of rotatable bonds is 15. The third-order valence-corrected chi connectivity index (χ3v) is 7.60. The number of nitrogens with zero attached hydrogens (tertiary/aromatic N) is 3. The van der Waals surface area contributed by atoms with Gasteiger partial charge in [0.2, 0.25) is 5.91 Å². The van der Waals surface area contributed by atoms with E-state index in [1.165, 1.54) is 23.5 Å². The van der Waals surface area contributed by atoms with Gasteiger partial charge in [-0.25, -0.2) is 4.98 Å². The predicted molar refractivity (Wildman–Crippen MR) is 152 cm³/mol. The smallest absolute Gasteiger partial charge is 0.272 e. The van der Waals surface area contributed by atoms with Crippen LogP contribution in [0.15, 0.2) is 48.9 Å². The van der Waals surface area contributed by atoms with Crippen LogP contribution in [-0.2, 0) is 30.5 Å². The Labute approximate surface area is 241 Å². The topological polar surface area (TPSA) is 136 Å². The average Bonchev–Trinajstić information content (AvgIpc) is 3.42. The number of nitrogens with one attached hydrogen (secondary N) is 1. The van der Waals surface area contributed by atoms with Crippen molar-refractivity contribution in [1.82, 2.24) is 20.2 Å². The molecular weight excluding hydrogens is 524 g/mol. The fourth-order valence-electron chi connectivity index (χ4n) is 4.92. The van der Waals surface area contributed by atoms with Crippen LogP contribution >= 0.6 is 0 Å². The molecule has 10 nitrogen and oxygen atoms in total. The number of ether oxygens (including phenoxy) is 1. The van der Waals surface area contributed by atoms with Gasteiger partial charge in [0.1, 0.15) is 12.0 Å². The molecule has 1 aromatic carbocycles. The second-order valence-electron chi connectivity index (χ2n) is 10.9. The number of likely N-dealkylation sites (tertiary alicyclic amines) is 1. The van der Waals surface area contributed by atoms with Crippen LogP contribution in [0.2, 0.25) is 0 Å². The number of aldehydes is 1. The first kappa shape index (κ1) is 31.7. The van der Waals surface area contributed by atoms with E-state index in [1.54, 1.807) is 6.92 Å². The zero-order valence-corrected chi connectivity index (χ0v) is 24.2. The van der Waals surface area contributed by atoms with E-state index in [1.807, 2.05) is 51.1 Å². The normalized spacial score (nSPS) is 18.9. The minimum Gasteiger partial charge on any atom is -0.372 e. The Balaban J connectivity index is 1.73. The number of ketones is 2. The number of amides is 2. The molecule has 1 aliphatic rings. The lowest BCUT2D eigenvalue weighted by atomic mass is 9.87. The van der Waals surface area contributed by atoms with Gasteiger partial charge in [-0.05, 0) is 24.8 Å². The second-order valence-corrected chi connectivity index (χ2v) is 10.9. The highest BCUT2D eigenvalue weighted by Gasteiger charge is 2.43. The van der Waals surface area contributed by atoms with E-state index in [0.29, 0.717) is 19.4 Å². The van der Waals surface area contributed by atoms with Crippen molar-refractivity contribution >= 4 is 29.7 Å². The summed E-state index contributed by atoms with van der Waals surface area (Å²) in [5, 5.41) is 2.63. The number of hydrogen-bond donors (Lipinski definition) is 1. The zero-order chi connectivity index (χ0) is 29.9. The molecule has 2 amide bonds. The highest BCUT2D eigenvalue weighted by molar-refractivity contribution is 5.98. The van der Waals surface area contributed by atoms with Gasteiger partial charge in [-0.15, -0.1) is 0 Å². The molecule has 5 atom stereocenters. The average molecular weight is 565 g/mol. The van der Waals surface area contributed by atoms with E-state index < -0.39 is 29.8 Å². The molecule has 1 aliphatic heterocycles. The molecule has 2 aromatic rings. The maximum Gasteiger partial charge on any atom is 0.272 e. The summed E-state index contributed by atoms with van der Waals surface area (Å²) in [5.41, 5.74) is 1.07. The van der Waals surface area contributed by atoms with E-state index >= 15 is 0 Å². The summed E-state index contributed by atoms with van der Waals surface area (Å²) in [6.45, 7) is 7.69. The summed E-state index contributed by atoms with van der Waals surface area (Å²) in [7, 11) is 0. The third kappa shape index (κ3) is 8.85. The van der Waals surface area contributed by atoms with Crippen LogP contribution in [0, 0.1) is 17.8 Å². The summed E-state index contributed by atoms with van der Waals surface area (Å²) < 4.78 is 6.11. The van der Waals surface area contributed by atoms with E-state index in [0.717, 1.165) is 11.8 Å². The lowest BCUT2D eigenvalue weighted by Crippen LogP contribution is -2.47. The standard InChI is InChI=1S/C31H40N4O6/c1-5-22(18-36)13-29(38)27-14-24(41-19-23-9-7-6-8-10-23)17-35(27)31(40)25(20(2)3)15-28(37)21(4)34-30(39)26-16-32-11-12-33-26/h6-12,16,18,20-22,24-25,27H,5,13-15,17,19H2,1-4H3,(H,34,39). The van der Waals surface area contributed by atoms with Crippen molar-refractivity contribution in [1.29, 1.82) is 0 Å². The Morgan fingerprint density at radius 1 is 1.10 bits per heavy atom. The maximum atomic E-state index is 13.9. The largest absolute Gasteiger partial charge is 0.372 e. The summed E-state index contributed by atoms with van der Waals surface area (Å²) in [6.07, 6.45) is 5.37. The molecule has 5 unspecified atom stereocenters. The van der Waals surface area contributed by atoms with Gasteiger partial charge in [0.25, 0.3) is 5.91 Å². The number of carbonyl (C=O) groups excluding carboxylic acids is 5. The van der Waals surface area contributed by atoms with Gasteiger partial charge < -0.3 is 19.7 Å². The van der Waals surface area contributed by atoms with Crippen LogP contribution in [0.5, 0.6) is 0 Å². The minimum atomic E-state index is -0.852. The van der Waals surface area contributed by atoms with Crippen molar-refractivity contribution in [3.8, 4) is 0 Å². The summed E-state index contributed by atoms with van der Waals surface area (Å²) in [5.74, 6) is -2.63. The number of carbonyl (C=O) groups is 5. The second kappa shape index (κ2) is 15.3. The first-order valence-corrected chi connectivity index (χ1v) is 14.2. The Bertz CT molecular complexity index is 1190. The van der Waals surface area contributed by atoms with Gasteiger partial charge >= 0.3 is 0 Å². The van der Waals surface area contributed by atoms with Crippen LogP contribution in [0.3, 0.4) is 0 Å². The van der Waals surface area contributed by atoms with Gasteiger partial charge in [-0.3, -0.25) is 24.2 Å². The Morgan fingerprint density at radius 3 is 2.44 bits per heavy atom. The molecule has 0 bridgehead atoms. The van der Waals surface area contributed by atoms with Crippen molar-refractivity contribution < 1.29 is 28.7 Å². The minimum absolute atomic E-state index is 0.0522. The van der Waals surface area contributed by atoms with Crippen LogP contribution in [0.1, 0.15) is 69.4 Å². The van der Waals surface area contributed by atoms with E-state index in [4.69, 9.17) is 4.74 Å². The van der Waals surface area contributed by atoms with E-state index in [2.05, 4.69) is 15.3 Å². The molecule has 3 rings (SSSR count). The van der Waals surface area contributed by atoms with Crippen LogP contribution in [0.4, 0.5) is 0 Å². The summed E-state index contributed by atoms with van der Waals surface area (Å²) in [6, 6.07) is 8.06. The maximum absolute atomic E-state index is 13.9.